The standard InChI is InChI=1S/C24H19N5O4S3/c30-35(31,20-12-6-2-7-13-20)29(36(32,33)21-14-8-3-9-15-21)23-16-22-25-18-26-28(22)24(27-23)34-17-19-10-4-1-5-11-19/h1-16,18H,17H2. The van der Waals surface area contributed by atoms with Crippen molar-refractivity contribution in [3.05, 3.63) is 109 Å². The van der Waals surface area contributed by atoms with Crippen molar-refractivity contribution in [2.75, 3.05) is 3.71 Å². The summed E-state index contributed by atoms with van der Waals surface area (Å²) in [5.74, 6) is 0.196. The van der Waals surface area contributed by atoms with Gasteiger partial charge in [0.15, 0.2) is 16.6 Å². The minimum absolute atomic E-state index is 0.189. The van der Waals surface area contributed by atoms with E-state index >= 15 is 0 Å². The van der Waals surface area contributed by atoms with E-state index in [1.54, 1.807) is 12.1 Å². The van der Waals surface area contributed by atoms with E-state index < -0.39 is 20.0 Å². The number of hydrogen-bond donors (Lipinski definition) is 0. The van der Waals surface area contributed by atoms with Gasteiger partial charge < -0.3 is 0 Å². The zero-order valence-corrected chi connectivity index (χ0v) is 21.1. The maximum atomic E-state index is 13.8. The largest absolute Gasteiger partial charge is 0.279 e. The molecule has 0 amide bonds. The first-order chi connectivity index (χ1) is 17.4. The minimum Gasteiger partial charge on any atom is -0.215 e. The fourth-order valence-electron chi connectivity index (χ4n) is 3.45. The lowest BCUT2D eigenvalue weighted by Crippen LogP contribution is -2.37. The summed E-state index contributed by atoms with van der Waals surface area (Å²) in [5.41, 5.74) is 1.26. The lowest BCUT2D eigenvalue weighted by Gasteiger charge is -2.23. The second kappa shape index (κ2) is 9.72. The molecule has 0 N–H and O–H groups in total. The van der Waals surface area contributed by atoms with E-state index in [2.05, 4.69) is 15.1 Å². The van der Waals surface area contributed by atoms with E-state index in [0.717, 1.165) is 5.56 Å². The van der Waals surface area contributed by atoms with E-state index in [0.29, 0.717) is 14.6 Å². The zero-order valence-electron chi connectivity index (χ0n) is 18.6. The summed E-state index contributed by atoms with van der Waals surface area (Å²) in [6.45, 7) is 0. The molecule has 0 aliphatic heterocycles. The molecule has 3 aromatic carbocycles. The molecule has 0 aliphatic carbocycles. The van der Waals surface area contributed by atoms with Gasteiger partial charge in [0, 0.05) is 11.8 Å². The highest BCUT2D eigenvalue weighted by atomic mass is 32.3. The molecule has 0 spiro atoms. The van der Waals surface area contributed by atoms with Crippen LogP contribution < -0.4 is 3.71 Å². The van der Waals surface area contributed by atoms with Gasteiger partial charge in [-0.25, -0.2) is 9.97 Å². The number of hydrogen-bond acceptors (Lipinski definition) is 8. The van der Waals surface area contributed by atoms with Gasteiger partial charge >= 0.3 is 0 Å². The fraction of sp³-hybridized carbons (Fsp3) is 0.0417. The number of anilines is 1. The molecule has 182 valence electrons. The molecule has 12 heteroatoms. The third-order valence-electron chi connectivity index (χ3n) is 5.14. The highest BCUT2D eigenvalue weighted by molar-refractivity contribution is 8.10. The first kappa shape index (κ1) is 24.0. The molecule has 0 atom stereocenters. The van der Waals surface area contributed by atoms with E-state index in [-0.39, 0.29) is 21.3 Å². The zero-order chi connectivity index (χ0) is 25.2. The average molecular weight is 538 g/mol. The molecule has 0 fully saturated rings. The van der Waals surface area contributed by atoms with Crippen molar-refractivity contribution in [2.45, 2.75) is 20.7 Å². The molecule has 5 aromatic rings. The lowest BCUT2D eigenvalue weighted by atomic mass is 10.2. The van der Waals surface area contributed by atoms with E-state index in [1.165, 1.54) is 77.2 Å². The van der Waals surface area contributed by atoms with Crippen molar-refractivity contribution in [1.82, 2.24) is 19.6 Å². The number of thioether (sulfide) groups is 1. The Morgan fingerprint density at radius 2 is 1.28 bits per heavy atom. The molecule has 0 unspecified atom stereocenters. The summed E-state index contributed by atoms with van der Waals surface area (Å²) in [6.07, 6.45) is 1.30. The lowest BCUT2D eigenvalue weighted by molar-refractivity contribution is 0.583. The summed E-state index contributed by atoms with van der Waals surface area (Å²) < 4.78 is 56.9. The van der Waals surface area contributed by atoms with Crippen molar-refractivity contribution in [2.24, 2.45) is 0 Å². The number of fused-ring (bicyclic) bond motifs is 1. The average Bonchev–Trinajstić information content (AvgIpc) is 3.38. The van der Waals surface area contributed by atoms with Crippen LogP contribution in [0.4, 0.5) is 5.82 Å². The van der Waals surface area contributed by atoms with Crippen LogP contribution in [0.5, 0.6) is 0 Å². The molecule has 0 saturated heterocycles. The number of aromatic nitrogens is 4. The van der Waals surface area contributed by atoms with Gasteiger partial charge in [-0.05, 0) is 29.8 Å². The molecule has 9 nitrogen and oxygen atoms in total. The van der Waals surface area contributed by atoms with Gasteiger partial charge in [0.2, 0.25) is 0 Å². The van der Waals surface area contributed by atoms with Crippen LogP contribution in [0.15, 0.2) is 118 Å². The number of nitrogens with zero attached hydrogens (tertiary/aromatic N) is 5. The Morgan fingerprint density at radius 3 is 1.83 bits per heavy atom. The molecule has 2 aromatic heterocycles. The third kappa shape index (κ3) is 4.57. The number of rotatable bonds is 8. The molecule has 0 bridgehead atoms. The Morgan fingerprint density at radius 1 is 0.750 bits per heavy atom. The normalized spacial score (nSPS) is 12.0. The van der Waals surface area contributed by atoms with Gasteiger partial charge in [-0.15, -0.1) is 3.71 Å². The van der Waals surface area contributed by atoms with Crippen LogP contribution in [0.1, 0.15) is 5.56 Å². The molecular formula is C24H19N5O4S3. The van der Waals surface area contributed by atoms with Gasteiger partial charge in [0.05, 0.1) is 9.79 Å². The number of sulfonamides is 2. The first-order valence-corrected chi connectivity index (χ1v) is 14.5. The summed E-state index contributed by atoms with van der Waals surface area (Å²) in [6, 6.07) is 25.6. The van der Waals surface area contributed by atoms with Crippen molar-refractivity contribution < 1.29 is 16.8 Å². The topological polar surface area (TPSA) is 115 Å². The highest BCUT2D eigenvalue weighted by Crippen LogP contribution is 2.32. The van der Waals surface area contributed by atoms with Crippen molar-refractivity contribution in [3.8, 4) is 0 Å². The van der Waals surface area contributed by atoms with E-state index in [1.807, 2.05) is 30.3 Å². The van der Waals surface area contributed by atoms with E-state index in [9.17, 15) is 16.8 Å². The molecular weight excluding hydrogens is 518 g/mol. The van der Waals surface area contributed by atoms with Gasteiger partial charge in [-0.1, -0.05) is 78.5 Å². The summed E-state index contributed by atoms with van der Waals surface area (Å²) >= 11 is 1.29. The Labute approximate surface area is 212 Å². The van der Waals surface area contributed by atoms with Crippen LogP contribution in [0, 0.1) is 0 Å². The monoisotopic (exact) mass is 537 g/mol. The summed E-state index contributed by atoms with van der Waals surface area (Å²) in [5, 5.41) is 4.47. The number of benzene rings is 3. The quantitative estimate of drug-likeness (QED) is 0.216. The van der Waals surface area contributed by atoms with Gasteiger partial charge in [0.25, 0.3) is 20.0 Å². The molecule has 0 aliphatic rings. The Kier molecular flexibility index (Phi) is 6.48. The molecule has 0 radical (unpaired) electrons. The van der Waals surface area contributed by atoms with Crippen molar-refractivity contribution in [3.63, 3.8) is 0 Å². The van der Waals surface area contributed by atoms with Crippen LogP contribution in [0.2, 0.25) is 0 Å². The summed E-state index contributed by atoms with van der Waals surface area (Å²) in [4.78, 5) is 8.25. The highest BCUT2D eigenvalue weighted by Gasteiger charge is 2.38. The summed E-state index contributed by atoms with van der Waals surface area (Å²) in [7, 11) is -9.16. The van der Waals surface area contributed by atoms with Crippen LogP contribution in [-0.4, -0.2) is 36.4 Å². The predicted molar refractivity (Wildman–Crippen MR) is 137 cm³/mol. The molecule has 5 rings (SSSR count). The Balaban J connectivity index is 1.69. The van der Waals surface area contributed by atoms with Crippen LogP contribution >= 0.6 is 11.8 Å². The second-order valence-corrected chi connectivity index (χ2v) is 12.3. The second-order valence-electron chi connectivity index (χ2n) is 7.53. The van der Waals surface area contributed by atoms with E-state index in [4.69, 9.17) is 0 Å². The smallest absolute Gasteiger partial charge is 0.215 e. The van der Waals surface area contributed by atoms with Gasteiger partial charge in [0.1, 0.15) is 6.33 Å². The third-order valence-corrected chi connectivity index (χ3v) is 10.3. The predicted octanol–water partition coefficient (Wildman–Crippen LogP) is 4.00. The fourth-order valence-corrected chi connectivity index (χ4v) is 7.97. The van der Waals surface area contributed by atoms with Gasteiger partial charge in [-0.2, -0.15) is 26.4 Å². The minimum atomic E-state index is -4.58. The molecule has 2 heterocycles. The van der Waals surface area contributed by atoms with Crippen LogP contribution in [0.3, 0.4) is 0 Å². The maximum Gasteiger partial charge on any atom is 0.279 e. The SMILES string of the molecule is O=S(=O)(c1ccccc1)N(c1cc2ncnn2c(SCc2ccccc2)n1)S(=O)(=O)c1ccccc1. The maximum absolute atomic E-state index is 13.8. The van der Waals surface area contributed by atoms with Crippen LogP contribution in [0.25, 0.3) is 5.65 Å². The Bertz CT molecular complexity index is 1640. The molecule has 0 saturated carbocycles. The van der Waals surface area contributed by atoms with Crippen molar-refractivity contribution in [1.29, 1.82) is 0 Å². The van der Waals surface area contributed by atoms with Crippen molar-refractivity contribution >= 4 is 43.3 Å². The van der Waals surface area contributed by atoms with Gasteiger partial charge in [-0.3, -0.25) is 0 Å². The molecule has 36 heavy (non-hydrogen) atoms. The Hall–Kier alpha value is -3.74. The first-order valence-electron chi connectivity index (χ1n) is 10.7. The van der Waals surface area contributed by atoms with Crippen LogP contribution in [-0.2, 0) is 25.8 Å².